The van der Waals surface area contributed by atoms with Crippen molar-refractivity contribution in [3.05, 3.63) is 64.2 Å². The van der Waals surface area contributed by atoms with Gasteiger partial charge in [0.05, 0.1) is 9.82 Å². The molecule has 1 aliphatic rings. The van der Waals surface area contributed by atoms with Gasteiger partial charge in [-0.1, -0.05) is 30.3 Å². The van der Waals surface area contributed by atoms with Crippen LogP contribution in [0.1, 0.15) is 18.4 Å². The minimum atomic E-state index is -3.68. The molecule has 3 rings (SSSR count). The second-order valence-corrected chi connectivity index (χ2v) is 7.82. The lowest BCUT2D eigenvalue weighted by Gasteiger charge is -2.16. The van der Waals surface area contributed by atoms with E-state index in [2.05, 4.69) is 5.32 Å². The van der Waals surface area contributed by atoms with Crippen LogP contribution in [0.25, 0.3) is 0 Å². The molecule has 7 nitrogen and oxygen atoms in total. The standard InChI is InChI=1S/C17H19N3O4S/c21-20(22)17-12-15(25(23,24)19-10-4-5-11-19)8-9-16(17)18-13-14-6-2-1-3-7-14/h1-3,6-9,12,18H,4-5,10-11,13H2. The summed E-state index contributed by atoms with van der Waals surface area (Å²) < 4.78 is 26.5. The number of nitro benzene ring substituents is 1. The number of hydrogen-bond acceptors (Lipinski definition) is 5. The van der Waals surface area contributed by atoms with E-state index in [1.165, 1.54) is 16.4 Å². The maximum atomic E-state index is 12.6. The van der Waals surface area contributed by atoms with E-state index < -0.39 is 14.9 Å². The number of hydrogen-bond donors (Lipinski definition) is 1. The van der Waals surface area contributed by atoms with Crippen molar-refractivity contribution in [2.24, 2.45) is 0 Å². The highest BCUT2D eigenvalue weighted by molar-refractivity contribution is 7.89. The Morgan fingerprint density at radius 1 is 1.08 bits per heavy atom. The zero-order chi connectivity index (χ0) is 17.9. The molecular formula is C17H19N3O4S. The van der Waals surface area contributed by atoms with E-state index in [1.54, 1.807) is 0 Å². The predicted molar refractivity (Wildman–Crippen MR) is 94.9 cm³/mol. The van der Waals surface area contributed by atoms with Crippen molar-refractivity contribution in [2.75, 3.05) is 18.4 Å². The first-order chi connectivity index (χ1) is 12.0. The van der Waals surface area contributed by atoms with E-state index in [9.17, 15) is 18.5 Å². The Kier molecular flexibility index (Phi) is 5.00. The fourth-order valence-corrected chi connectivity index (χ4v) is 4.38. The van der Waals surface area contributed by atoms with Gasteiger partial charge in [-0.3, -0.25) is 10.1 Å². The Balaban J connectivity index is 1.87. The van der Waals surface area contributed by atoms with Crippen LogP contribution in [-0.4, -0.2) is 30.7 Å². The number of nitrogens with zero attached hydrogens (tertiary/aromatic N) is 2. The zero-order valence-corrected chi connectivity index (χ0v) is 14.4. The molecule has 0 aromatic heterocycles. The van der Waals surface area contributed by atoms with Crippen molar-refractivity contribution in [3.8, 4) is 0 Å². The lowest BCUT2D eigenvalue weighted by molar-refractivity contribution is -0.384. The maximum absolute atomic E-state index is 12.6. The van der Waals surface area contributed by atoms with Crippen molar-refractivity contribution < 1.29 is 13.3 Å². The average molecular weight is 361 g/mol. The first-order valence-electron chi connectivity index (χ1n) is 8.05. The molecule has 0 atom stereocenters. The Morgan fingerprint density at radius 2 is 1.76 bits per heavy atom. The summed E-state index contributed by atoms with van der Waals surface area (Å²) in [6.45, 7) is 1.34. The highest BCUT2D eigenvalue weighted by Crippen LogP contribution is 2.30. The number of nitrogens with one attached hydrogen (secondary N) is 1. The van der Waals surface area contributed by atoms with Crippen LogP contribution in [0, 0.1) is 10.1 Å². The molecule has 8 heteroatoms. The number of rotatable bonds is 6. The molecule has 0 bridgehead atoms. The quantitative estimate of drug-likeness (QED) is 0.631. The highest BCUT2D eigenvalue weighted by atomic mass is 32.2. The van der Waals surface area contributed by atoms with Gasteiger partial charge < -0.3 is 5.32 Å². The Hall–Kier alpha value is -2.45. The van der Waals surface area contributed by atoms with Crippen LogP contribution in [0.5, 0.6) is 0 Å². The normalized spacial score (nSPS) is 15.2. The average Bonchev–Trinajstić information content (AvgIpc) is 3.16. The SMILES string of the molecule is O=[N+]([O-])c1cc(S(=O)(=O)N2CCCC2)ccc1NCc1ccccc1. The molecule has 1 heterocycles. The third kappa shape index (κ3) is 3.80. The van der Waals surface area contributed by atoms with Crippen molar-refractivity contribution >= 4 is 21.4 Å². The van der Waals surface area contributed by atoms with Crippen LogP contribution in [0.2, 0.25) is 0 Å². The van der Waals surface area contributed by atoms with E-state index in [4.69, 9.17) is 0 Å². The minimum Gasteiger partial charge on any atom is -0.375 e. The molecule has 0 saturated carbocycles. The summed E-state index contributed by atoms with van der Waals surface area (Å²) in [5.41, 5.74) is 1.04. The first-order valence-corrected chi connectivity index (χ1v) is 9.49. The summed E-state index contributed by atoms with van der Waals surface area (Å²) in [6.07, 6.45) is 1.63. The number of nitro groups is 1. The Morgan fingerprint density at radius 3 is 2.40 bits per heavy atom. The van der Waals surface area contributed by atoms with Crippen LogP contribution in [0.3, 0.4) is 0 Å². The molecular weight excluding hydrogens is 342 g/mol. The molecule has 25 heavy (non-hydrogen) atoms. The molecule has 0 amide bonds. The summed E-state index contributed by atoms with van der Waals surface area (Å²) in [5, 5.41) is 14.4. The van der Waals surface area contributed by atoms with Gasteiger partial charge in [-0.2, -0.15) is 4.31 Å². The Bertz CT molecular complexity index is 863. The van der Waals surface area contributed by atoms with Crippen LogP contribution in [0.4, 0.5) is 11.4 Å². The predicted octanol–water partition coefficient (Wildman–Crippen LogP) is 2.99. The topological polar surface area (TPSA) is 92.5 Å². The van der Waals surface area contributed by atoms with Crippen LogP contribution in [0.15, 0.2) is 53.4 Å². The van der Waals surface area contributed by atoms with Crippen LogP contribution < -0.4 is 5.32 Å². The van der Waals surface area contributed by atoms with Crippen molar-refractivity contribution in [1.82, 2.24) is 4.31 Å². The summed E-state index contributed by atoms with van der Waals surface area (Å²) in [7, 11) is -3.68. The number of anilines is 1. The van der Waals surface area contributed by atoms with Gasteiger partial charge in [0.15, 0.2) is 0 Å². The second kappa shape index (κ2) is 7.20. The molecule has 1 N–H and O–H groups in total. The van der Waals surface area contributed by atoms with Gasteiger partial charge in [-0.25, -0.2) is 8.42 Å². The molecule has 1 aliphatic heterocycles. The molecule has 0 radical (unpaired) electrons. The molecule has 1 saturated heterocycles. The van der Waals surface area contributed by atoms with E-state index >= 15 is 0 Å². The first kappa shape index (κ1) is 17.4. The highest BCUT2D eigenvalue weighted by Gasteiger charge is 2.29. The fourth-order valence-electron chi connectivity index (χ4n) is 2.84. The number of benzene rings is 2. The molecule has 0 unspecified atom stereocenters. The van der Waals surface area contributed by atoms with Crippen LogP contribution in [-0.2, 0) is 16.6 Å². The molecule has 1 fully saturated rings. The van der Waals surface area contributed by atoms with Crippen molar-refractivity contribution in [2.45, 2.75) is 24.3 Å². The summed E-state index contributed by atoms with van der Waals surface area (Å²) in [4.78, 5) is 10.8. The van der Waals surface area contributed by atoms with E-state index in [1.807, 2.05) is 30.3 Å². The van der Waals surface area contributed by atoms with E-state index in [0.29, 0.717) is 25.3 Å². The molecule has 2 aromatic rings. The van der Waals surface area contributed by atoms with Crippen LogP contribution >= 0.6 is 0 Å². The lowest BCUT2D eigenvalue weighted by atomic mass is 10.2. The maximum Gasteiger partial charge on any atom is 0.293 e. The zero-order valence-electron chi connectivity index (χ0n) is 13.6. The third-order valence-electron chi connectivity index (χ3n) is 4.19. The Labute approximate surface area is 146 Å². The van der Waals surface area contributed by atoms with Gasteiger partial charge in [0.25, 0.3) is 5.69 Å². The van der Waals surface area contributed by atoms with E-state index in [-0.39, 0.29) is 10.6 Å². The van der Waals surface area contributed by atoms with Crippen molar-refractivity contribution in [1.29, 1.82) is 0 Å². The summed E-state index contributed by atoms with van der Waals surface area (Å²) in [5.74, 6) is 0. The third-order valence-corrected chi connectivity index (χ3v) is 6.09. The molecule has 132 valence electrons. The van der Waals surface area contributed by atoms with Gasteiger partial charge in [-0.15, -0.1) is 0 Å². The fraction of sp³-hybridized carbons (Fsp3) is 0.294. The van der Waals surface area contributed by atoms with E-state index in [0.717, 1.165) is 24.5 Å². The largest absolute Gasteiger partial charge is 0.375 e. The molecule has 0 aliphatic carbocycles. The number of sulfonamides is 1. The van der Waals surface area contributed by atoms with Gasteiger partial charge in [0, 0.05) is 25.7 Å². The smallest absolute Gasteiger partial charge is 0.293 e. The molecule has 2 aromatic carbocycles. The summed E-state index contributed by atoms with van der Waals surface area (Å²) >= 11 is 0. The van der Waals surface area contributed by atoms with Gasteiger partial charge >= 0.3 is 0 Å². The van der Waals surface area contributed by atoms with Gasteiger partial charge in [0.2, 0.25) is 10.0 Å². The minimum absolute atomic E-state index is 0.0358. The monoisotopic (exact) mass is 361 g/mol. The molecule has 0 spiro atoms. The van der Waals surface area contributed by atoms with Crippen molar-refractivity contribution in [3.63, 3.8) is 0 Å². The lowest BCUT2D eigenvalue weighted by Crippen LogP contribution is -2.27. The van der Waals surface area contributed by atoms with Gasteiger partial charge in [-0.05, 0) is 30.5 Å². The van der Waals surface area contributed by atoms with Gasteiger partial charge in [0.1, 0.15) is 5.69 Å². The summed E-state index contributed by atoms with van der Waals surface area (Å²) in [6, 6.07) is 13.5. The second-order valence-electron chi connectivity index (χ2n) is 5.89.